The number of carbonyl (C=O) groups is 1. The Labute approximate surface area is 276 Å². The molecule has 2 aromatic heterocycles. The van der Waals surface area contributed by atoms with E-state index in [-0.39, 0.29) is 12.0 Å². The van der Waals surface area contributed by atoms with Crippen molar-refractivity contribution >= 4 is 27.8 Å². The first-order valence-corrected chi connectivity index (χ1v) is 16.2. The van der Waals surface area contributed by atoms with Gasteiger partial charge in [-0.3, -0.25) is 14.6 Å². The lowest BCUT2D eigenvalue weighted by atomic mass is 9.80. The van der Waals surface area contributed by atoms with Crippen LogP contribution in [0.15, 0.2) is 84.8 Å². The number of aliphatic hydroxyl groups is 1. The second-order valence-corrected chi connectivity index (χ2v) is 13.3. The van der Waals surface area contributed by atoms with Crippen molar-refractivity contribution in [2.24, 2.45) is 0 Å². The van der Waals surface area contributed by atoms with Gasteiger partial charge < -0.3 is 19.5 Å². The van der Waals surface area contributed by atoms with Crippen molar-refractivity contribution in [3.8, 4) is 16.9 Å². The highest BCUT2D eigenvalue weighted by Gasteiger charge is 2.23. The van der Waals surface area contributed by atoms with Gasteiger partial charge in [-0.25, -0.2) is 0 Å². The first kappa shape index (κ1) is 33.6. The minimum Gasteiger partial charge on any atom is -0.493 e. The summed E-state index contributed by atoms with van der Waals surface area (Å²) in [6, 6.07) is 20.0. The normalized spacial score (nSPS) is 13.9. The summed E-state index contributed by atoms with van der Waals surface area (Å²) in [4.78, 5) is 30.1. The highest BCUT2D eigenvalue weighted by molar-refractivity contribution is 6.08. The molecule has 3 heterocycles. The van der Waals surface area contributed by atoms with Crippen LogP contribution in [-0.4, -0.2) is 37.9 Å². The minimum atomic E-state index is -0.900. The second-order valence-electron chi connectivity index (χ2n) is 13.3. The molecule has 7 nitrogen and oxygen atoms in total. The van der Waals surface area contributed by atoms with Crippen LogP contribution in [0.25, 0.3) is 32.9 Å². The van der Waals surface area contributed by atoms with E-state index in [9.17, 15) is 14.7 Å². The largest absolute Gasteiger partial charge is 0.493 e. The Morgan fingerprint density at radius 2 is 1.74 bits per heavy atom. The van der Waals surface area contributed by atoms with Crippen molar-refractivity contribution in [3.05, 3.63) is 118 Å². The molecule has 7 rings (SSSR count). The number of carboxylic acid groups (broad SMARTS) is 1. The van der Waals surface area contributed by atoms with Crippen LogP contribution in [0.3, 0.4) is 0 Å². The molecule has 2 aliphatic rings. The van der Waals surface area contributed by atoms with Gasteiger partial charge >= 0.3 is 5.97 Å². The van der Waals surface area contributed by atoms with Crippen LogP contribution in [0.4, 0.5) is 0 Å². The lowest BCUT2D eigenvalue weighted by molar-refractivity contribution is -0.136. The summed E-state index contributed by atoms with van der Waals surface area (Å²) in [6.07, 6.45) is 6.28. The number of rotatable bonds is 6. The third-order valence-electron chi connectivity index (χ3n) is 8.69. The van der Waals surface area contributed by atoms with E-state index in [0.29, 0.717) is 19.1 Å². The van der Waals surface area contributed by atoms with Crippen molar-refractivity contribution < 1.29 is 19.7 Å². The number of benzene rings is 3. The first-order chi connectivity index (χ1) is 22.5. The lowest BCUT2D eigenvalue weighted by Gasteiger charge is -2.26. The zero-order valence-corrected chi connectivity index (χ0v) is 27.8. The van der Waals surface area contributed by atoms with Gasteiger partial charge in [0, 0.05) is 35.0 Å². The third-order valence-corrected chi connectivity index (χ3v) is 8.69. The number of hydrogen-bond acceptors (Lipinski definition) is 5. The summed E-state index contributed by atoms with van der Waals surface area (Å²) in [6.45, 7) is 14.2. The fourth-order valence-corrected chi connectivity index (χ4v) is 6.39. The summed E-state index contributed by atoms with van der Waals surface area (Å²) in [5.41, 5.74) is 7.83. The lowest BCUT2D eigenvalue weighted by Crippen LogP contribution is -2.21. The van der Waals surface area contributed by atoms with E-state index >= 15 is 0 Å². The van der Waals surface area contributed by atoms with Gasteiger partial charge in [0.1, 0.15) is 5.75 Å². The van der Waals surface area contributed by atoms with E-state index in [1.165, 1.54) is 30.4 Å². The van der Waals surface area contributed by atoms with Gasteiger partial charge in [-0.1, -0.05) is 30.7 Å². The molecule has 0 bridgehead atoms. The van der Waals surface area contributed by atoms with Crippen LogP contribution in [0.2, 0.25) is 0 Å². The predicted molar refractivity (Wildman–Crippen MR) is 190 cm³/mol. The van der Waals surface area contributed by atoms with Crippen molar-refractivity contribution in [2.75, 3.05) is 6.61 Å². The molecule has 0 unspecified atom stereocenters. The maximum atomic E-state index is 13.3. The van der Waals surface area contributed by atoms with Gasteiger partial charge in [0.25, 0.3) is 5.56 Å². The smallest absolute Gasteiger partial charge is 0.307 e. The molecule has 1 fully saturated rings. The molecule has 244 valence electrons. The molecule has 0 amide bonds. The van der Waals surface area contributed by atoms with Gasteiger partial charge in [-0.2, -0.15) is 0 Å². The van der Waals surface area contributed by atoms with E-state index in [4.69, 9.17) is 14.8 Å². The first-order valence-electron chi connectivity index (χ1n) is 16.2. The molecule has 7 heteroatoms. The molecule has 0 spiro atoms. The zero-order valence-electron chi connectivity index (χ0n) is 27.8. The Morgan fingerprint density at radius 1 is 1.04 bits per heavy atom. The zero-order chi connectivity index (χ0) is 33.9. The number of aliphatic carboxylic acids is 1. The number of hydrogen-bond donors (Lipinski definition) is 2. The predicted octanol–water partition coefficient (Wildman–Crippen LogP) is 7.98. The molecule has 1 saturated carbocycles. The summed E-state index contributed by atoms with van der Waals surface area (Å²) in [7, 11) is 0. The van der Waals surface area contributed by atoms with E-state index in [2.05, 4.69) is 37.4 Å². The molecule has 2 N–H and O–H groups in total. The van der Waals surface area contributed by atoms with Crippen LogP contribution < -0.4 is 10.3 Å². The fourth-order valence-electron chi connectivity index (χ4n) is 6.39. The van der Waals surface area contributed by atoms with Crippen LogP contribution in [0.5, 0.6) is 5.75 Å². The minimum absolute atomic E-state index is 0.0877. The van der Waals surface area contributed by atoms with Gasteiger partial charge in [0.15, 0.2) is 0 Å². The molecular weight excluding hydrogens is 588 g/mol. The third kappa shape index (κ3) is 7.31. The molecule has 0 atom stereocenters. The van der Waals surface area contributed by atoms with Crippen molar-refractivity contribution in [1.82, 2.24) is 9.55 Å². The molecule has 5 aromatic rings. The molecule has 1 aliphatic carbocycles. The van der Waals surface area contributed by atoms with E-state index in [1.54, 1.807) is 31.4 Å². The molecule has 47 heavy (non-hydrogen) atoms. The Kier molecular flexibility index (Phi) is 9.96. The number of ether oxygens (including phenoxy) is 1. The molecule has 3 aromatic carbocycles. The second kappa shape index (κ2) is 13.9. The summed E-state index contributed by atoms with van der Waals surface area (Å²) in [5, 5.41) is 20.2. The Bertz CT molecular complexity index is 1970. The number of aromatic nitrogens is 2. The van der Waals surface area contributed by atoms with Gasteiger partial charge in [-0.05, 0) is 110 Å². The quantitative estimate of drug-likeness (QED) is 0.184. The summed E-state index contributed by atoms with van der Waals surface area (Å²) in [5.74, 6) is 0.558. The molecule has 0 saturated heterocycles. The average molecular weight is 633 g/mol. The van der Waals surface area contributed by atoms with Crippen LogP contribution in [0.1, 0.15) is 73.8 Å². The van der Waals surface area contributed by atoms with Crippen LogP contribution in [0, 0.1) is 6.92 Å². The Hall–Kier alpha value is -4.75. The Morgan fingerprint density at radius 3 is 2.38 bits per heavy atom. The SMILES string of the molecule is C=C.CC(C)(C)O.Cc1cc2c(ccc(=O)n2Cc2ccc(C3CCC3)cc2)c(-c2ccc3c4c(ccnc24)CCO3)c1CC(=O)O. The number of nitrogens with zero attached hydrogens (tertiary/aromatic N) is 2. The van der Waals surface area contributed by atoms with E-state index < -0.39 is 11.6 Å². The highest BCUT2D eigenvalue weighted by Crippen LogP contribution is 2.42. The summed E-state index contributed by atoms with van der Waals surface area (Å²) >= 11 is 0. The van der Waals surface area contributed by atoms with Crippen LogP contribution >= 0.6 is 0 Å². The van der Waals surface area contributed by atoms with Gasteiger partial charge in [-0.15, -0.1) is 13.2 Å². The van der Waals surface area contributed by atoms with E-state index in [1.807, 2.05) is 43.5 Å². The molecule has 1 aliphatic heterocycles. The number of aryl methyl sites for hydroxylation is 1. The number of fused-ring (bicyclic) bond motifs is 1. The van der Waals surface area contributed by atoms with Crippen molar-refractivity contribution in [2.45, 2.75) is 77.9 Å². The number of carboxylic acids is 1. The highest BCUT2D eigenvalue weighted by atomic mass is 16.5. The van der Waals surface area contributed by atoms with Crippen LogP contribution in [-0.2, 0) is 24.2 Å². The molecule has 0 radical (unpaired) electrons. The standard InChI is InChI=1S/C34H30N2O4.C4H10O.C2H4/c1-20-17-28-25(10-12-30(37)36(28)19-21-5-7-23(8-6-21)22-3-2-4-22)33(27(20)18-31(38)39)26-9-11-29-32-24(14-16-40-29)13-15-35-34(26)32;1-4(2,3)5;1-2/h5-13,15,17,22H,2-4,14,16,18-19H2,1H3,(H,38,39);5H,1-3H3;1-2H2. The average Bonchev–Trinajstić information content (AvgIpc) is 3.00. The van der Waals surface area contributed by atoms with Gasteiger partial charge in [0.2, 0.25) is 0 Å². The van der Waals surface area contributed by atoms with Crippen molar-refractivity contribution in [1.29, 1.82) is 0 Å². The topological polar surface area (TPSA) is 102 Å². The Balaban J connectivity index is 0.000000569. The number of pyridine rings is 2. The van der Waals surface area contributed by atoms with E-state index in [0.717, 1.165) is 61.8 Å². The fraction of sp³-hybridized carbons (Fsp3) is 0.325. The summed E-state index contributed by atoms with van der Waals surface area (Å²) < 4.78 is 7.75. The maximum absolute atomic E-state index is 13.3. The molecular formula is C40H44N2O5. The monoisotopic (exact) mass is 632 g/mol. The van der Waals surface area contributed by atoms with Gasteiger partial charge in [0.05, 0.1) is 36.2 Å². The van der Waals surface area contributed by atoms with Crippen molar-refractivity contribution in [3.63, 3.8) is 0 Å². The maximum Gasteiger partial charge on any atom is 0.307 e.